The van der Waals surface area contributed by atoms with E-state index in [1.807, 2.05) is 50.2 Å². The highest BCUT2D eigenvalue weighted by atomic mass is 16.2. The van der Waals surface area contributed by atoms with Gasteiger partial charge in [-0.05, 0) is 54.4 Å². The summed E-state index contributed by atoms with van der Waals surface area (Å²) in [7, 11) is 0. The summed E-state index contributed by atoms with van der Waals surface area (Å²) in [5.74, 6) is -0.321. The molecule has 8 atom stereocenters. The predicted molar refractivity (Wildman–Crippen MR) is 160 cm³/mol. The van der Waals surface area contributed by atoms with Gasteiger partial charge in [0.1, 0.15) is 36.5 Å². The van der Waals surface area contributed by atoms with Gasteiger partial charge in [-0.25, -0.2) is 0 Å². The number of anilines is 2. The monoisotopic (exact) mass is 582 g/mol. The third-order valence-corrected chi connectivity index (χ3v) is 11.1. The summed E-state index contributed by atoms with van der Waals surface area (Å²) in [4.78, 5) is 59.7. The highest BCUT2D eigenvalue weighted by Crippen LogP contribution is 2.68. The van der Waals surface area contributed by atoms with Gasteiger partial charge in [0.25, 0.3) is 0 Å². The largest absolute Gasteiger partial charge is 0.364 e. The van der Waals surface area contributed by atoms with E-state index in [1.165, 1.54) is 0 Å². The van der Waals surface area contributed by atoms with Crippen LogP contribution in [0.1, 0.15) is 58.1 Å². The van der Waals surface area contributed by atoms with Gasteiger partial charge in [0.15, 0.2) is 0 Å². The first-order valence-corrected chi connectivity index (χ1v) is 15.6. The van der Waals surface area contributed by atoms with E-state index >= 15 is 0 Å². The highest BCUT2D eigenvalue weighted by molar-refractivity contribution is 6.01. The van der Waals surface area contributed by atoms with Crippen LogP contribution in [-0.4, -0.2) is 69.9 Å². The number of para-hydroxylation sites is 2. The van der Waals surface area contributed by atoms with Crippen molar-refractivity contribution in [2.45, 2.75) is 94.3 Å². The minimum Gasteiger partial charge on any atom is -0.364 e. The Morgan fingerprint density at radius 1 is 0.698 bits per heavy atom. The molecule has 0 spiro atoms. The van der Waals surface area contributed by atoms with Gasteiger partial charge in [-0.2, -0.15) is 0 Å². The molecule has 6 aliphatic rings. The number of piperazine rings is 2. The zero-order chi connectivity index (χ0) is 30.0. The number of fused-ring (bicyclic) bond motifs is 11. The van der Waals surface area contributed by atoms with Crippen LogP contribution < -0.4 is 21.3 Å². The maximum atomic E-state index is 14.3. The molecule has 0 aromatic heterocycles. The number of nitrogens with zero attached hydrogens (tertiary/aromatic N) is 2. The Balaban J connectivity index is 1.37. The van der Waals surface area contributed by atoms with Gasteiger partial charge in [0.2, 0.25) is 23.6 Å². The van der Waals surface area contributed by atoms with Crippen LogP contribution in [0.5, 0.6) is 0 Å². The molecule has 4 fully saturated rings. The summed E-state index contributed by atoms with van der Waals surface area (Å²) in [5, 5.41) is 13.5. The summed E-state index contributed by atoms with van der Waals surface area (Å²) in [6.45, 7) is 7.99. The number of carbonyl (C=O) groups excluding carboxylic acids is 4. The Hall–Kier alpha value is -4.08. The highest BCUT2D eigenvalue weighted by Gasteiger charge is 2.78. The Morgan fingerprint density at radius 3 is 1.70 bits per heavy atom. The average Bonchev–Trinajstić information content (AvgIpc) is 3.67. The second kappa shape index (κ2) is 8.74. The van der Waals surface area contributed by atoms with Crippen molar-refractivity contribution < 1.29 is 19.2 Å². The summed E-state index contributed by atoms with van der Waals surface area (Å²) < 4.78 is 0. The molecule has 43 heavy (non-hydrogen) atoms. The van der Waals surface area contributed by atoms with Crippen molar-refractivity contribution >= 4 is 35.0 Å². The van der Waals surface area contributed by atoms with Gasteiger partial charge < -0.3 is 31.1 Å². The Kier molecular flexibility index (Phi) is 5.39. The molecule has 0 radical (unpaired) electrons. The Labute approximate surface area is 250 Å². The van der Waals surface area contributed by atoms with Crippen LogP contribution in [0.15, 0.2) is 48.5 Å². The molecule has 4 N–H and O–H groups in total. The van der Waals surface area contributed by atoms with E-state index in [9.17, 15) is 19.2 Å². The summed E-state index contributed by atoms with van der Waals surface area (Å²) in [6.07, 6.45) is 0.252. The van der Waals surface area contributed by atoms with Crippen LogP contribution in [-0.2, 0) is 30.0 Å². The van der Waals surface area contributed by atoms with E-state index in [0.717, 1.165) is 22.5 Å². The molecule has 0 saturated carbocycles. The molecule has 4 saturated heterocycles. The van der Waals surface area contributed by atoms with E-state index in [-0.39, 0.29) is 35.5 Å². The van der Waals surface area contributed by atoms with Gasteiger partial charge in [0, 0.05) is 11.4 Å². The van der Waals surface area contributed by atoms with E-state index in [4.69, 9.17) is 0 Å². The quantitative estimate of drug-likeness (QED) is 0.439. The van der Waals surface area contributed by atoms with Crippen LogP contribution in [0.2, 0.25) is 0 Å². The minimum atomic E-state index is -0.803. The fourth-order valence-corrected chi connectivity index (χ4v) is 9.45. The summed E-state index contributed by atoms with van der Waals surface area (Å²) in [6, 6.07) is 13.6. The molecule has 0 bridgehead atoms. The first kappa shape index (κ1) is 26.5. The van der Waals surface area contributed by atoms with Gasteiger partial charge in [0.05, 0.1) is 10.8 Å². The SMILES string of the molecule is CC(C)C[C@H]1NC(=O)[C@H]2CC3(C45C[C@@H]6C(=O)N[C@H](C(C)C)C(=O)N6[C@@H]4Nc4ccccc45)c4ccccc4N[C@H]3N2C1=O. The third-order valence-electron chi connectivity index (χ3n) is 11.1. The second-order valence-electron chi connectivity index (χ2n) is 14.0. The van der Waals surface area contributed by atoms with Crippen molar-refractivity contribution in [1.82, 2.24) is 20.4 Å². The van der Waals surface area contributed by atoms with Crippen LogP contribution in [0.3, 0.4) is 0 Å². The number of rotatable bonds is 4. The normalized spacial score (nSPS) is 36.8. The molecule has 4 amide bonds. The van der Waals surface area contributed by atoms with Gasteiger partial charge in [-0.3, -0.25) is 19.2 Å². The number of hydrogen-bond acceptors (Lipinski definition) is 6. The lowest BCUT2D eigenvalue weighted by molar-refractivity contribution is -0.150. The van der Waals surface area contributed by atoms with Crippen molar-refractivity contribution in [3.63, 3.8) is 0 Å². The lowest BCUT2D eigenvalue weighted by Gasteiger charge is -2.48. The first-order chi connectivity index (χ1) is 20.6. The number of amides is 4. The van der Waals surface area contributed by atoms with Crippen LogP contribution in [0.25, 0.3) is 0 Å². The molecule has 0 aliphatic carbocycles. The van der Waals surface area contributed by atoms with Crippen molar-refractivity contribution in [3.8, 4) is 0 Å². The average molecular weight is 583 g/mol. The summed E-state index contributed by atoms with van der Waals surface area (Å²) >= 11 is 0. The fourth-order valence-electron chi connectivity index (χ4n) is 9.45. The maximum absolute atomic E-state index is 14.3. The maximum Gasteiger partial charge on any atom is 0.247 e. The molecule has 6 heterocycles. The van der Waals surface area contributed by atoms with E-state index in [0.29, 0.717) is 19.3 Å². The van der Waals surface area contributed by atoms with Crippen LogP contribution in [0, 0.1) is 11.8 Å². The topological polar surface area (TPSA) is 123 Å². The molecule has 6 aliphatic heterocycles. The van der Waals surface area contributed by atoms with Crippen LogP contribution in [0.4, 0.5) is 11.4 Å². The molecule has 10 nitrogen and oxygen atoms in total. The first-order valence-electron chi connectivity index (χ1n) is 15.6. The Bertz CT molecular complexity index is 1590. The molecular weight excluding hydrogens is 544 g/mol. The standard InChI is InChI=1S/C33H38N6O4/c1-16(2)13-22-28(42)38-23(26(40)34-22)14-32(18-9-5-7-11-20(18)35-30(32)38)33-15-24-27(41)37-25(17(3)4)29(43)39(24)31(33)36-21-12-8-6-10-19(21)33/h5-12,16-17,22-25,30-31,35-36H,13-15H2,1-4H3,(H,34,40)(H,37,41)/t22-,23-,24-,25-,30+,31+,32?,33?/m1/s1. The Morgan fingerprint density at radius 2 is 1.19 bits per heavy atom. The fraction of sp³-hybridized carbons (Fsp3) is 0.515. The number of carbonyl (C=O) groups is 4. The predicted octanol–water partition coefficient (Wildman–Crippen LogP) is 2.27. The van der Waals surface area contributed by atoms with Crippen molar-refractivity contribution in [2.24, 2.45) is 11.8 Å². The molecule has 2 aromatic carbocycles. The molecule has 8 rings (SSSR count). The van der Waals surface area contributed by atoms with E-state index in [1.54, 1.807) is 9.80 Å². The smallest absolute Gasteiger partial charge is 0.247 e. The third kappa shape index (κ3) is 3.14. The summed E-state index contributed by atoms with van der Waals surface area (Å²) in [5.41, 5.74) is 2.27. The molecule has 224 valence electrons. The number of benzene rings is 2. The van der Waals surface area contributed by atoms with Crippen LogP contribution >= 0.6 is 0 Å². The second-order valence-corrected chi connectivity index (χ2v) is 14.0. The van der Waals surface area contributed by atoms with Gasteiger partial charge in [-0.15, -0.1) is 0 Å². The zero-order valence-electron chi connectivity index (χ0n) is 24.9. The molecule has 2 unspecified atom stereocenters. The molecular formula is C33H38N6O4. The van der Waals surface area contributed by atoms with E-state index in [2.05, 4.69) is 47.2 Å². The molecule has 10 heteroatoms. The number of nitrogens with one attached hydrogen (secondary N) is 4. The minimum absolute atomic E-state index is 0.0735. The van der Waals surface area contributed by atoms with Crippen molar-refractivity contribution in [2.75, 3.05) is 10.6 Å². The zero-order valence-corrected chi connectivity index (χ0v) is 24.9. The number of hydrogen-bond donors (Lipinski definition) is 4. The van der Waals surface area contributed by atoms with Crippen molar-refractivity contribution in [3.05, 3.63) is 59.7 Å². The van der Waals surface area contributed by atoms with Gasteiger partial charge in [-0.1, -0.05) is 64.1 Å². The molecule has 2 aromatic rings. The van der Waals surface area contributed by atoms with Crippen molar-refractivity contribution in [1.29, 1.82) is 0 Å². The lowest BCUT2D eigenvalue weighted by atomic mass is 9.54. The lowest BCUT2D eigenvalue weighted by Crippen LogP contribution is -2.67. The van der Waals surface area contributed by atoms with Gasteiger partial charge >= 0.3 is 0 Å². The van der Waals surface area contributed by atoms with E-state index < -0.39 is 47.3 Å².